The Morgan fingerprint density at radius 3 is 2.94 bits per heavy atom. The van der Waals surface area contributed by atoms with Gasteiger partial charge in [0.15, 0.2) is 0 Å². The Morgan fingerprint density at radius 1 is 1.61 bits per heavy atom. The monoisotopic (exact) mass is 271 g/mol. The third-order valence-corrected chi connectivity index (χ3v) is 3.80. The fraction of sp³-hybridized carbons (Fsp3) is 0.583. The van der Waals surface area contributed by atoms with Crippen LogP contribution in [-0.4, -0.2) is 38.1 Å². The van der Waals surface area contributed by atoms with Gasteiger partial charge in [0.2, 0.25) is 0 Å². The second kappa shape index (κ2) is 7.48. The van der Waals surface area contributed by atoms with Crippen LogP contribution in [0.4, 0.5) is 0 Å². The number of aryl methyl sites for hydroxylation is 1. The summed E-state index contributed by atoms with van der Waals surface area (Å²) in [5.41, 5.74) is 3.34. The molecule has 0 aliphatic heterocycles. The van der Waals surface area contributed by atoms with E-state index in [2.05, 4.69) is 17.4 Å². The van der Waals surface area contributed by atoms with Gasteiger partial charge in [-0.3, -0.25) is 10.2 Å². The summed E-state index contributed by atoms with van der Waals surface area (Å²) in [5.74, 6) is 4.90. The van der Waals surface area contributed by atoms with E-state index in [4.69, 9.17) is 10.6 Å². The number of rotatable bonds is 7. The van der Waals surface area contributed by atoms with E-state index in [-0.39, 0.29) is 5.91 Å². The predicted octanol–water partition coefficient (Wildman–Crippen LogP) is 1.13. The number of nitrogen functional groups attached to an aromatic ring is 1. The molecule has 18 heavy (non-hydrogen) atoms. The van der Waals surface area contributed by atoms with Crippen molar-refractivity contribution in [2.45, 2.75) is 19.9 Å². The van der Waals surface area contributed by atoms with Gasteiger partial charge in [0.05, 0.1) is 4.88 Å². The molecule has 3 N–H and O–H groups in total. The average molecular weight is 271 g/mol. The van der Waals surface area contributed by atoms with Gasteiger partial charge in [0.1, 0.15) is 0 Å². The van der Waals surface area contributed by atoms with Crippen molar-refractivity contribution in [3.63, 3.8) is 0 Å². The van der Waals surface area contributed by atoms with Crippen molar-refractivity contribution in [3.8, 4) is 0 Å². The van der Waals surface area contributed by atoms with Gasteiger partial charge in [-0.25, -0.2) is 5.84 Å². The number of thiophene rings is 1. The summed E-state index contributed by atoms with van der Waals surface area (Å²) in [6, 6.07) is 1.91. The van der Waals surface area contributed by atoms with Crippen LogP contribution in [0.5, 0.6) is 0 Å². The van der Waals surface area contributed by atoms with Crippen LogP contribution in [0.2, 0.25) is 0 Å². The Hall–Kier alpha value is -0.950. The fourth-order valence-corrected chi connectivity index (χ4v) is 2.65. The van der Waals surface area contributed by atoms with Crippen LogP contribution in [-0.2, 0) is 11.3 Å². The van der Waals surface area contributed by atoms with E-state index < -0.39 is 0 Å². The number of ether oxygens (including phenoxy) is 1. The summed E-state index contributed by atoms with van der Waals surface area (Å²) in [6.45, 7) is 4.61. The largest absolute Gasteiger partial charge is 0.385 e. The molecule has 102 valence electrons. The van der Waals surface area contributed by atoms with Gasteiger partial charge in [0, 0.05) is 31.7 Å². The minimum absolute atomic E-state index is 0.226. The first-order chi connectivity index (χ1) is 8.58. The van der Waals surface area contributed by atoms with Crippen LogP contribution in [0.25, 0.3) is 0 Å². The van der Waals surface area contributed by atoms with Crippen molar-refractivity contribution in [2.24, 2.45) is 5.84 Å². The number of nitrogens with one attached hydrogen (secondary N) is 1. The van der Waals surface area contributed by atoms with Crippen LogP contribution in [0.1, 0.15) is 26.5 Å². The highest BCUT2D eigenvalue weighted by Crippen LogP contribution is 2.22. The number of carbonyl (C=O) groups excluding carboxylic acids is 1. The molecule has 0 aliphatic rings. The van der Waals surface area contributed by atoms with E-state index in [1.165, 1.54) is 16.9 Å². The number of hydrazine groups is 1. The van der Waals surface area contributed by atoms with Crippen molar-refractivity contribution in [1.29, 1.82) is 0 Å². The molecule has 1 rings (SSSR count). The molecule has 1 amide bonds. The van der Waals surface area contributed by atoms with Gasteiger partial charge >= 0.3 is 0 Å². The molecule has 0 atom stereocenters. The van der Waals surface area contributed by atoms with Gasteiger partial charge in [-0.2, -0.15) is 0 Å². The standard InChI is InChI=1S/C12H21N3O2S/c1-9-10(7-11(18-9)12(16)14-13)8-15(2)5-4-6-17-3/h7H,4-6,8,13H2,1-3H3,(H,14,16). The normalized spacial score (nSPS) is 10.9. The predicted molar refractivity (Wildman–Crippen MR) is 73.5 cm³/mol. The van der Waals surface area contributed by atoms with E-state index in [0.717, 1.165) is 31.0 Å². The quantitative estimate of drug-likeness (QED) is 0.338. The SMILES string of the molecule is COCCCN(C)Cc1cc(C(=O)NN)sc1C. The van der Waals surface area contributed by atoms with Gasteiger partial charge < -0.3 is 9.64 Å². The van der Waals surface area contributed by atoms with Crippen LogP contribution in [0.3, 0.4) is 0 Å². The lowest BCUT2D eigenvalue weighted by molar-refractivity contribution is 0.0957. The fourth-order valence-electron chi connectivity index (χ4n) is 1.71. The molecule has 1 aromatic heterocycles. The van der Waals surface area contributed by atoms with Crippen molar-refractivity contribution in [1.82, 2.24) is 10.3 Å². The molecule has 0 saturated carbocycles. The lowest BCUT2D eigenvalue weighted by atomic mass is 10.2. The maximum Gasteiger partial charge on any atom is 0.275 e. The summed E-state index contributed by atoms with van der Waals surface area (Å²) in [4.78, 5) is 15.5. The average Bonchev–Trinajstić information content (AvgIpc) is 2.70. The maximum absolute atomic E-state index is 11.4. The molecular formula is C12H21N3O2S. The van der Waals surface area contributed by atoms with E-state index >= 15 is 0 Å². The third-order valence-electron chi connectivity index (χ3n) is 2.70. The molecule has 0 radical (unpaired) electrons. The van der Waals surface area contributed by atoms with Crippen molar-refractivity contribution in [3.05, 3.63) is 21.4 Å². The molecule has 1 heterocycles. The second-order valence-corrected chi connectivity index (χ2v) is 5.51. The number of carbonyl (C=O) groups is 1. The summed E-state index contributed by atoms with van der Waals surface area (Å²) in [5, 5.41) is 0. The van der Waals surface area contributed by atoms with E-state index in [1.807, 2.05) is 13.0 Å². The second-order valence-electron chi connectivity index (χ2n) is 4.25. The van der Waals surface area contributed by atoms with Gasteiger partial charge in [-0.1, -0.05) is 0 Å². The lowest BCUT2D eigenvalue weighted by Gasteiger charge is -2.15. The van der Waals surface area contributed by atoms with Crippen molar-refractivity contribution >= 4 is 17.2 Å². The minimum Gasteiger partial charge on any atom is -0.385 e. The highest BCUT2D eigenvalue weighted by atomic mass is 32.1. The molecule has 6 heteroatoms. The number of hydrogen-bond acceptors (Lipinski definition) is 5. The van der Waals surface area contributed by atoms with E-state index in [0.29, 0.717) is 4.88 Å². The minimum atomic E-state index is -0.226. The molecular weight excluding hydrogens is 250 g/mol. The zero-order valence-electron chi connectivity index (χ0n) is 11.2. The topological polar surface area (TPSA) is 67.6 Å². The highest BCUT2D eigenvalue weighted by Gasteiger charge is 2.12. The van der Waals surface area contributed by atoms with Crippen LogP contribution in [0.15, 0.2) is 6.07 Å². The number of amides is 1. The molecule has 0 bridgehead atoms. The summed E-state index contributed by atoms with van der Waals surface area (Å²) < 4.78 is 5.02. The molecule has 0 aromatic carbocycles. The smallest absolute Gasteiger partial charge is 0.275 e. The molecule has 0 aliphatic carbocycles. The Bertz CT molecular complexity index is 393. The van der Waals surface area contributed by atoms with Crippen LogP contribution >= 0.6 is 11.3 Å². The number of nitrogens with two attached hydrogens (primary N) is 1. The zero-order chi connectivity index (χ0) is 13.5. The molecule has 1 aromatic rings. The molecule has 0 unspecified atom stereocenters. The van der Waals surface area contributed by atoms with E-state index in [1.54, 1.807) is 7.11 Å². The number of hydrogen-bond donors (Lipinski definition) is 2. The molecule has 0 saturated heterocycles. The number of methoxy groups -OCH3 is 1. The lowest BCUT2D eigenvalue weighted by Crippen LogP contribution is -2.29. The first kappa shape index (κ1) is 15.1. The van der Waals surface area contributed by atoms with Crippen molar-refractivity contribution in [2.75, 3.05) is 27.3 Å². The number of nitrogens with zero attached hydrogens (tertiary/aromatic N) is 1. The van der Waals surface area contributed by atoms with Gasteiger partial charge in [-0.05, 0) is 32.0 Å². The van der Waals surface area contributed by atoms with Crippen LogP contribution < -0.4 is 11.3 Å². The zero-order valence-corrected chi connectivity index (χ0v) is 12.0. The molecule has 0 fully saturated rings. The summed E-state index contributed by atoms with van der Waals surface area (Å²) in [6.07, 6.45) is 1.01. The first-order valence-electron chi connectivity index (χ1n) is 5.86. The summed E-state index contributed by atoms with van der Waals surface area (Å²) in [7, 11) is 3.77. The molecule has 5 nitrogen and oxygen atoms in total. The van der Waals surface area contributed by atoms with Crippen LogP contribution in [0, 0.1) is 6.92 Å². The molecule has 0 spiro atoms. The third kappa shape index (κ3) is 4.38. The Balaban J connectivity index is 2.56. The van der Waals surface area contributed by atoms with E-state index in [9.17, 15) is 4.79 Å². The summed E-state index contributed by atoms with van der Waals surface area (Å²) >= 11 is 1.47. The Labute approximate surface area is 112 Å². The maximum atomic E-state index is 11.4. The first-order valence-corrected chi connectivity index (χ1v) is 6.68. The van der Waals surface area contributed by atoms with Gasteiger partial charge in [0.25, 0.3) is 5.91 Å². The Morgan fingerprint density at radius 2 is 2.33 bits per heavy atom. The van der Waals surface area contributed by atoms with Crippen molar-refractivity contribution < 1.29 is 9.53 Å². The Kier molecular flexibility index (Phi) is 6.28. The highest BCUT2D eigenvalue weighted by molar-refractivity contribution is 7.14. The van der Waals surface area contributed by atoms with Gasteiger partial charge in [-0.15, -0.1) is 11.3 Å².